The summed E-state index contributed by atoms with van der Waals surface area (Å²) in [5.41, 5.74) is 1.11. The Morgan fingerprint density at radius 2 is 1.74 bits per heavy atom. The Hall–Kier alpha value is -3.23. The number of nitrogens with zero attached hydrogens (tertiary/aromatic N) is 2. The summed E-state index contributed by atoms with van der Waals surface area (Å²) >= 11 is 0. The fourth-order valence-electron chi connectivity index (χ4n) is 5.62. The van der Waals surface area contributed by atoms with E-state index in [0.717, 1.165) is 25.7 Å². The number of allylic oxidation sites excluding steroid dienone is 2. The Balaban J connectivity index is 1.92. The first kappa shape index (κ1) is 24.9. The molecule has 0 saturated heterocycles. The molecule has 2 aliphatic carbocycles. The second kappa shape index (κ2) is 9.43. The van der Waals surface area contributed by atoms with Gasteiger partial charge in [-0.15, -0.1) is 0 Å². The summed E-state index contributed by atoms with van der Waals surface area (Å²) in [5.74, 6) is -2.03. The number of rotatable bonds is 6. The minimum Gasteiger partial charge on any atom is -0.493 e. The van der Waals surface area contributed by atoms with Crippen LogP contribution in [-0.4, -0.2) is 42.7 Å². The van der Waals surface area contributed by atoms with Gasteiger partial charge in [0, 0.05) is 34.9 Å². The third kappa shape index (κ3) is 4.68. The Kier molecular flexibility index (Phi) is 6.71. The van der Waals surface area contributed by atoms with Crippen molar-refractivity contribution in [2.75, 3.05) is 14.2 Å². The van der Waals surface area contributed by atoms with E-state index in [1.54, 1.807) is 6.92 Å². The predicted octanol–water partition coefficient (Wildman–Crippen LogP) is 4.92. The molecule has 0 bridgehead atoms. The van der Waals surface area contributed by atoms with Gasteiger partial charge >= 0.3 is 5.97 Å². The minimum absolute atomic E-state index is 0.153. The minimum atomic E-state index is -0.948. The molecule has 0 amide bonds. The molecular weight excluding hydrogens is 452 g/mol. The molecule has 0 aromatic heterocycles. The van der Waals surface area contributed by atoms with Crippen molar-refractivity contribution in [2.45, 2.75) is 71.3 Å². The highest BCUT2D eigenvalue weighted by molar-refractivity contribution is 6.09. The van der Waals surface area contributed by atoms with E-state index in [1.807, 2.05) is 13.8 Å². The van der Waals surface area contributed by atoms with Crippen molar-refractivity contribution in [1.29, 1.82) is 0 Å². The van der Waals surface area contributed by atoms with Crippen LogP contribution in [0.5, 0.6) is 11.5 Å². The van der Waals surface area contributed by atoms with Gasteiger partial charge in [0.05, 0.1) is 25.2 Å². The van der Waals surface area contributed by atoms with E-state index < -0.39 is 22.7 Å². The average Bonchev–Trinajstić information content (AvgIpc) is 3.29. The number of carbonyl (C=O) groups excluding carboxylic acids is 2. The van der Waals surface area contributed by atoms with Crippen molar-refractivity contribution in [3.63, 3.8) is 0 Å². The van der Waals surface area contributed by atoms with Crippen LogP contribution >= 0.6 is 0 Å². The molecule has 188 valence electrons. The van der Waals surface area contributed by atoms with Crippen molar-refractivity contribution < 1.29 is 28.7 Å². The fraction of sp³-hybridized carbons (Fsp3) is 0.577. The Morgan fingerprint density at radius 1 is 1.11 bits per heavy atom. The van der Waals surface area contributed by atoms with E-state index in [4.69, 9.17) is 19.2 Å². The van der Waals surface area contributed by atoms with E-state index in [9.17, 15) is 19.7 Å². The number of benzene rings is 1. The van der Waals surface area contributed by atoms with Crippen LogP contribution in [0.1, 0.15) is 70.8 Å². The van der Waals surface area contributed by atoms with Crippen LogP contribution in [0.2, 0.25) is 0 Å². The van der Waals surface area contributed by atoms with E-state index >= 15 is 0 Å². The maximum absolute atomic E-state index is 13.6. The number of carbonyl (C=O) groups is 2. The van der Waals surface area contributed by atoms with Gasteiger partial charge in [-0.25, -0.2) is 0 Å². The summed E-state index contributed by atoms with van der Waals surface area (Å²) in [6, 6.07) is 2.79. The molecule has 0 radical (unpaired) electrons. The number of methoxy groups -OCH3 is 2. The summed E-state index contributed by atoms with van der Waals surface area (Å²) in [7, 11) is 2.83. The highest BCUT2D eigenvalue weighted by Gasteiger charge is 2.48. The Morgan fingerprint density at radius 3 is 2.34 bits per heavy atom. The van der Waals surface area contributed by atoms with E-state index in [2.05, 4.69) is 0 Å². The monoisotopic (exact) mass is 484 g/mol. The molecule has 1 heterocycles. The molecule has 1 unspecified atom stereocenters. The van der Waals surface area contributed by atoms with Crippen LogP contribution in [0.15, 0.2) is 28.4 Å². The van der Waals surface area contributed by atoms with Crippen molar-refractivity contribution in [3.8, 4) is 11.5 Å². The SMILES string of the molecule is COc1cc([C@@H]2C3=C(CC(C)(C)CC3=O)N=C(C)C2C(=O)OC2CCCC2)c([N+](=O)[O-])cc1OC. The lowest BCUT2D eigenvalue weighted by Crippen LogP contribution is -2.40. The zero-order valence-corrected chi connectivity index (χ0v) is 20.9. The van der Waals surface area contributed by atoms with Gasteiger partial charge in [0.15, 0.2) is 17.3 Å². The number of hydrogen-bond acceptors (Lipinski definition) is 8. The lowest BCUT2D eigenvalue weighted by atomic mass is 9.66. The van der Waals surface area contributed by atoms with Gasteiger partial charge in [0.2, 0.25) is 0 Å². The number of ether oxygens (including phenoxy) is 3. The molecule has 3 aliphatic rings. The number of Topliss-reactive ketones (excluding diaryl/α,β-unsaturated/α-hetero) is 1. The highest BCUT2D eigenvalue weighted by atomic mass is 16.6. The number of aliphatic imine (C=N–C) groups is 1. The third-order valence-electron chi connectivity index (χ3n) is 7.21. The van der Waals surface area contributed by atoms with Crippen molar-refractivity contribution in [3.05, 3.63) is 39.1 Å². The molecule has 0 spiro atoms. The molecule has 9 nitrogen and oxygen atoms in total. The van der Waals surface area contributed by atoms with Gasteiger partial charge in [-0.3, -0.25) is 24.7 Å². The second-order valence-electron chi connectivity index (χ2n) is 10.4. The second-order valence-corrected chi connectivity index (χ2v) is 10.4. The number of nitro benzene ring substituents is 1. The number of esters is 1. The van der Waals surface area contributed by atoms with Gasteiger partial charge in [-0.1, -0.05) is 13.8 Å². The smallest absolute Gasteiger partial charge is 0.315 e. The van der Waals surface area contributed by atoms with Gasteiger partial charge in [-0.05, 0) is 50.5 Å². The molecule has 2 atom stereocenters. The largest absolute Gasteiger partial charge is 0.493 e. The first-order valence-electron chi connectivity index (χ1n) is 12.0. The molecular formula is C26H32N2O7. The molecule has 0 N–H and O–H groups in total. The number of ketones is 1. The van der Waals surface area contributed by atoms with Crippen molar-refractivity contribution >= 4 is 23.2 Å². The lowest BCUT2D eigenvalue weighted by Gasteiger charge is -2.39. The Labute approximate surface area is 204 Å². The summed E-state index contributed by atoms with van der Waals surface area (Å²) in [5, 5.41) is 12.2. The van der Waals surface area contributed by atoms with Crippen LogP contribution in [0.4, 0.5) is 5.69 Å². The molecule has 1 fully saturated rings. The van der Waals surface area contributed by atoms with Crippen LogP contribution in [-0.2, 0) is 14.3 Å². The first-order valence-corrected chi connectivity index (χ1v) is 12.0. The normalized spacial score (nSPS) is 24.0. The third-order valence-corrected chi connectivity index (χ3v) is 7.21. The summed E-state index contributed by atoms with van der Waals surface area (Å²) in [6.07, 6.45) is 4.17. The summed E-state index contributed by atoms with van der Waals surface area (Å²) < 4.78 is 16.6. The molecule has 9 heteroatoms. The zero-order valence-electron chi connectivity index (χ0n) is 20.9. The molecule has 1 aromatic rings. The van der Waals surface area contributed by atoms with E-state index in [-0.39, 0.29) is 46.5 Å². The predicted molar refractivity (Wildman–Crippen MR) is 129 cm³/mol. The topological polar surface area (TPSA) is 117 Å². The molecule has 1 aliphatic heterocycles. The molecule has 4 rings (SSSR count). The van der Waals surface area contributed by atoms with Crippen LogP contribution in [0.25, 0.3) is 0 Å². The van der Waals surface area contributed by atoms with E-state index in [1.165, 1.54) is 26.4 Å². The molecule has 1 saturated carbocycles. The number of hydrogen-bond donors (Lipinski definition) is 0. The quantitative estimate of drug-likeness (QED) is 0.320. The summed E-state index contributed by atoms with van der Waals surface area (Å²) in [4.78, 5) is 43.4. The lowest BCUT2D eigenvalue weighted by molar-refractivity contribution is -0.385. The van der Waals surface area contributed by atoms with Crippen LogP contribution < -0.4 is 9.47 Å². The number of nitro groups is 1. The molecule has 1 aromatic carbocycles. The van der Waals surface area contributed by atoms with Gasteiger partial charge in [0.1, 0.15) is 12.0 Å². The van der Waals surface area contributed by atoms with E-state index in [0.29, 0.717) is 23.4 Å². The highest BCUT2D eigenvalue weighted by Crippen LogP contribution is 2.51. The first-order chi connectivity index (χ1) is 16.6. The summed E-state index contributed by atoms with van der Waals surface area (Å²) in [6.45, 7) is 5.72. The average molecular weight is 485 g/mol. The van der Waals surface area contributed by atoms with Crippen LogP contribution in [0.3, 0.4) is 0 Å². The van der Waals surface area contributed by atoms with Crippen molar-refractivity contribution in [1.82, 2.24) is 0 Å². The molecule has 35 heavy (non-hydrogen) atoms. The fourth-order valence-corrected chi connectivity index (χ4v) is 5.62. The maximum atomic E-state index is 13.6. The van der Waals surface area contributed by atoms with Crippen molar-refractivity contribution in [2.24, 2.45) is 16.3 Å². The Bertz CT molecular complexity index is 1130. The van der Waals surface area contributed by atoms with Crippen LogP contribution in [0, 0.1) is 21.4 Å². The van der Waals surface area contributed by atoms with Gasteiger partial charge < -0.3 is 14.2 Å². The van der Waals surface area contributed by atoms with Gasteiger partial charge in [-0.2, -0.15) is 0 Å². The maximum Gasteiger partial charge on any atom is 0.315 e. The zero-order chi connectivity index (χ0) is 25.5. The standard InChI is InChI=1S/C26H32N2O7/c1-14-22(25(30)35-15-8-6-7-9-15)23(24-17(27-14)12-26(2,3)13-19(24)29)16-10-20(33-4)21(34-5)11-18(16)28(31)32/h10-11,15,22-23H,6-9,12-13H2,1-5H3/t22?,23-/m0/s1. The van der Waals surface area contributed by atoms with Gasteiger partial charge in [0.25, 0.3) is 5.69 Å².